The van der Waals surface area contributed by atoms with Gasteiger partial charge in [-0.1, -0.05) is 18.2 Å². The lowest BCUT2D eigenvalue weighted by atomic mass is 9.87. The smallest absolute Gasteiger partial charge is 0.247 e. The van der Waals surface area contributed by atoms with Crippen molar-refractivity contribution in [3.05, 3.63) is 65.9 Å². The molecular formula is C25H24F2N6O2. The van der Waals surface area contributed by atoms with Crippen LogP contribution in [0.25, 0.3) is 22.3 Å². The topological polar surface area (TPSA) is 97.4 Å². The van der Waals surface area contributed by atoms with E-state index < -0.39 is 17.2 Å². The number of carbonyl (C=O) groups is 1. The lowest BCUT2D eigenvalue weighted by Gasteiger charge is -2.45. The fourth-order valence-corrected chi connectivity index (χ4v) is 4.46. The molecule has 1 aliphatic rings. The third-order valence-corrected chi connectivity index (χ3v) is 6.71. The zero-order chi connectivity index (χ0) is 24.9. The molecule has 1 saturated heterocycles. The van der Waals surface area contributed by atoms with Crippen molar-refractivity contribution >= 4 is 28.3 Å². The minimum atomic E-state index is -0.803. The highest BCUT2D eigenvalue weighted by Crippen LogP contribution is 2.36. The molecule has 10 heteroatoms. The van der Waals surface area contributed by atoms with Gasteiger partial charge in [-0.2, -0.15) is 0 Å². The summed E-state index contributed by atoms with van der Waals surface area (Å²) in [7, 11) is 3.72. The zero-order valence-electron chi connectivity index (χ0n) is 19.4. The van der Waals surface area contributed by atoms with Gasteiger partial charge >= 0.3 is 0 Å². The van der Waals surface area contributed by atoms with E-state index in [2.05, 4.69) is 20.3 Å². The Morgan fingerprint density at radius 2 is 1.74 bits per heavy atom. The molecule has 8 nitrogen and oxygen atoms in total. The van der Waals surface area contributed by atoms with Gasteiger partial charge in [0.15, 0.2) is 5.82 Å². The lowest BCUT2D eigenvalue weighted by Crippen LogP contribution is -2.60. The molecule has 0 saturated carbocycles. The van der Waals surface area contributed by atoms with Gasteiger partial charge in [0.05, 0.1) is 11.1 Å². The first-order chi connectivity index (χ1) is 16.7. The molecule has 35 heavy (non-hydrogen) atoms. The predicted octanol–water partition coefficient (Wildman–Crippen LogP) is 3.97. The molecular weight excluding hydrogens is 454 g/mol. The van der Waals surface area contributed by atoms with E-state index in [1.807, 2.05) is 31.0 Å². The minimum Gasteiger partial charge on any atom is -0.494 e. The number of likely N-dealkylation sites (N-methyl/N-ethyl adjacent to an activating group) is 2. The van der Waals surface area contributed by atoms with Crippen LogP contribution in [0.4, 0.5) is 20.3 Å². The maximum atomic E-state index is 14.4. The fourth-order valence-electron chi connectivity index (χ4n) is 4.46. The zero-order valence-corrected chi connectivity index (χ0v) is 19.4. The second kappa shape index (κ2) is 8.31. The van der Waals surface area contributed by atoms with Crippen molar-refractivity contribution in [2.45, 2.75) is 12.5 Å². The Morgan fingerprint density at radius 3 is 2.43 bits per heavy atom. The number of H-pyrrole nitrogens is 1. The van der Waals surface area contributed by atoms with Gasteiger partial charge in [-0.05, 0) is 43.8 Å². The number of anilines is 2. The Balaban J connectivity index is 1.54. The number of nitrogens with one attached hydrogen (secondary N) is 2. The van der Waals surface area contributed by atoms with Gasteiger partial charge in [0.1, 0.15) is 28.4 Å². The number of halogens is 2. The molecule has 0 aliphatic carbocycles. The Bertz CT molecular complexity index is 1420. The van der Waals surface area contributed by atoms with E-state index in [1.165, 1.54) is 12.3 Å². The maximum Gasteiger partial charge on any atom is 0.247 e. The standard InChI is InChI=1S/C25H24F2N6O2/c1-25(24(35)32(2)11-12-33(25)3)14-7-9-15(10-8-14)29-22-20-18(13-28-23(20)34)30-21(31-22)19-16(26)5-4-6-17(19)27/h4-10,13,28,34H,11-12H2,1-3H3,(H,29,30,31). The highest BCUT2D eigenvalue weighted by Gasteiger charge is 2.44. The number of amides is 1. The third kappa shape index (κ3) is 3.66. The third-order valence-electron chi connectivity index (χ3n) is 6.71. The Hall–Kier alpha value is -4.05. The number of carbonyl (C=O) groups excluding carboxylic acids is 1. The molecule has 1 fully saturated rings. The van der Waals surface area contributed by atoms with Gasteiger partial charge in [-0.25, -0.2) is 18.7 Å². The van der Waals surface area contributed by atoms with Gasteiger partial charge in [0.25, 0.3) is 0 Å². The molecule has 1 unspecified atom stereocenters. The second-order valence-corrected chi connectivity index (χ2v) is 8.81. The fraction of sp³-hybridized carbons (Fsp3) is 0.240. The number of aromatic nitrogens is 3. The summed E-state index contributed by atoms with van der Waals surface area (Å²) in [4.78, 5) is 27.9. The van der Waals surface area contributed by atoms with Crippen LogP contribution in [-0.4, -0.2) is 63.0 Å². The van der Waals surface area contributed by atoms with E-state index in [1.54, 1.807) is 24.1 Å². The van der Waals surface area contributed by atoms with Crippen molar-refractivity contribution in [1.82, 2.24) is 24.8 Å². The summed E-state index contributed by atoms with van der Waals surface area (Å²) in [6.45, 7) is 3.31. The molecule has 3 heterocycles. The molecule has 4 aromatic rings. The van der Waals surface area contributed by atoms with E-state index in [0.29, 0.717) is 17.7 Å². The van der Waals surface area contributed by atoms with Crippen LogP contribution in [0.1, 0.15) is 12.5 Å². The van der Waals surface area contributed by atoms with Crippen molar-refractivity contribution in [1.29, 1.82) is 0 Å². The summed E-state index contributed by atoms with van der Waals surface area (Å²) in [6.07, 6.45) is 1.44. The van der Waals surface area contributed by atoms with Gasteiger partial charge in [0, 0.05) is 32.0 Å². The number of hydrogen-bond acceptors (Lipinski definition) is 6. The van der Waals surface area contributed by atoms with Crippen LogP contribution in [0.15, 0.2) is 48.7 Å². The maximum absolute atomic E-state index is 14.4. The van der Waals surface area contributed by atoms with E-state index in [-0.39, 0.29) is 34.4 Å². The molecule has 2 aromatic carbocycles. The van der Waals surface area contributed by atoms with E-state index in [0.717, 1.165) is 24.2 Å². The number of benzene rings is 2. The first-order valence-corrected chi connectivity index (χ1v) is 11.1. The van der Waals surface area contributed by atoms with Crippen LogP contribution in [0.3, 0.4) is 0 Å². The number of aromatic amines is 1. The summed E-state index contributed by atoms with van der Waals surface area (Å²) in [5.74, 6) is -1.73. The van der Waals surface area contributed by atoms with Gasteiger partial charge in [-0.3, -0.25) is 9.69 Å². The first-order valence-electron chi connectivity index (χ1n) is 11.1. The van der Waals surface area contributed by atoms with E-state index in [9.17, 15) is 18.7 Å². The van der Waals surface area contributed by atoms with Crippen molar-refractivity contribution in [3.8, 4) is 17.3 Å². The number of hydrogen-bond donors (Lipinski definition) is 3. The molecule has 2 aromatic heterocycles. The van der Waals surface area contributed by atoms with Gasteiger partial charge < -0.3 is 20.3 Å². The molecule has 3 N–H and O–H groups in total. The molecule has 1 amide bonds. The number of fused-ring (bicyclic) bond motifs is 1. The number of rotatable bonds is 4. The minimum absolute atomic E-state index is 0.0123. The number of aromatic hydroxyl groups is 1. The molecule has 5 rings (SSSR count). The highest BCUT2D eigenvalue weighted by molar-refractivity contribution is 5.96. The first kappa shape index (κ1) is 22.7. The van der Waals surface area contributed by atoms with Crippen LogP contribution in [0, 0.1) is 11.6 Å². The second-order valence-electron chi connectivity index (χ2n) is 8.81. The SMILES string of the molecule is CN1CCN(C)C(C)(c2ccc(Nc3nc(-c4c(F)cccc4F)nc4c[nH]c(O)c34)cc2)C1=O. The monoisotopic (exact) mass is 478 g/mol. The summed E-state index contributed by atoms with van der Waals surface area (Å²) >= 11 is 0. The Kier molecular flexibility index (Phi) is 5.40. The average molecular weight is 479 g/mol. The molecule has 0 spiro atoms. The average Bonchev–Trinajstić information content (AvgIpc) is 3.21. The summed E-state index contributed by atoms with van der Waals surface area (Å²) in [5.41, 5.74) is 0.566. The highest BCUT2D eigenvalue weighted by atomic mass is 19.1. The quantitative estimate of drug-likeness (QED) is 0.411. The van der Waals surface area contributed by atoms with Crippen LogP contribution in [-0.2, 0) is 10.3 Å². The predicted molar refractivity (Wildman–Crippen MR) is 128 cm³/mol. The van der Waals surface area contributed by atoms with Crippen LogP contribution < -0.4 is 5.32 Å². The Morgan fingerprint density at radius 1 is 1.06 bits per heavy atom. The van der Waals surface area contributed by atoms with Gasteiger partial charge in [-0.15, -0.1) is 0 Å². The van der Waals surface area contributed by atoms with Crippen molar-refractivity contribution in [2.24, 2.45) is 0 Å². The Labute approximate surface area is 200 Å². The summed E-state index contributed by atoms with van der Waals surface area (Å²) < 4.78 is 28.8. The molecule has 1 aliphatic heterocycles. The van der Waals surface area contributed by atoms with Gasteiger partial charge in [0.2, 0.25) is 11.8 Å². The van der Waals surface area contributed by atoms with Crippen molar-refractivity contribution in [2.75, 3.05) is 32.5 Å². The van der Waals surface area contributed by atoms with Crippen molar-refractivity contribution < 1.29 is 18.7 Å². The lowest BCUT2D eigenvalue weighted by molar-refractivity contribution is -0.147. The van der Waals surface area contributed by atoms with E-state index >= 15 is 0 Å². The summed E-state index contributed by atoms with van der Waals surface area (Å²) in [6, 6.07) is 10.8. The molecule has 1 atom stereocenters. The molecule has 0 radical (unpaired) electrons. The summed E-state index contributed by atoms with van der Waals surface area (Å²) in [5, 5.41) is 13.7. The normalized spacial score (nSPS) is 18.9. The largest absolute Gasteiger partial charge is 0.494 e. The van der Waals surface area contributed by atoms with E-state index in [4.69, 9.17) is 0 Å². The number of piperazine rings is 1. The van der Waals surface area contributed by atoms with Crippen molar-refractivity contribution in [3.63, 3.8) is 0 Å². The number of nitrogens with zero attached hydrogens (tertiary/aromatic N) is 4. The molecule has 180 valence electrons. The van der Waals surface area contributed by atoms with Crippen LogP contribution in [0.5, 0.6) is 5.88 Å². The molecule has 0 bridgehead atoms. The van der Waals surface area contributed by atoms with Crippen LogP contribution >= 0.6 is 0 Å². The van der Waals surface area contributed by atoms with Crippen LogP contribution in [0.2, 0.25) is 0 Å².